The highest BCUT2D eigenvalue weighted by molar-refractivity contribution is 5.97. The summed E-state index contributed by atoms with van der Waals surface area (Å²) in [5.74, 6) is -7.20. The normalized spacial score (nSPS) is 14.8. The second-order valence-electron chi connectivity index (χ2n) is 18.8. The number of nitrogens with zero attached hydrogens (tertiary/aromatic N) is 1. The zero-order chi connectivity index (χ0) is 51.8. The van der Waals surface area contributed by atoms with Crippen molar-refractivity contribution < 1.29 is 53.4 Å². The average molecular weight is 960 g/mol. The van der Waals surface area contributed by atoms with E-state index in [2.05, 4.69) is 42.2 Å². The van der Waals surface area contributed by atoms with Gasteiger partial charge in [-0.1, -0.05) is 67.5 Å². The van der Waals surface area contributed by atoms with E-state index in [1.165, 1.54) is 31.2 Å². The van der Waals surface area contributed by atoms with E-state index in [1.54, 1.807) is 27.7 Å². The van der Waals surface area contributed by atoms with Crippen molar-refractivity contribution in [2.75, 3.05) is 6.54 Å². The highest BCUT2D eigenvalue weighted by atomic mass is 16.4. The van der Waals surface area contributed by atoms with Gasteiger partial charge in [-0.3, -0.25) is 43.3 Å². The Hall–Kier alpha value is -6.32. The van der Waals surface area contributed by atoms with Gasteiger partial charge in [0.2, 0.25) is 41.4 Å². The number of hydrogen-bond donors (Lipinski definition) is 12. The summed E-state index contributed by atoms with van der Waals surface area (Å²) in [6.45, 7) is 16.1. The topological polar surface area (TPSA) is 369 Å². The van der Waals surface area contributed by atoms with Gasteiger partial charge in [0.25, 0.3) is 0 Å². The van der Waals surface area contributed by atoms with Crippen LogP contribution in [-0.2, 0) is 49.6 Å². The summed E-state index contributed by atoms with van der Waals surface area (Å²) in [5.41, 5.74) is 17.3. The number of rotatable bonds is 31. The molecule has 0 aliphatic carbocycles. The molecule has 0 unspecified atom stereocenters. The number of aliphatic carboxylic acids is 1. The van der Waals surface area contributed by atoms with E-state index < -0.39 is 102 Å². The molecule has 0 aromatic heterocycles. The molecule has 0 aliphatic rings. The smallest absolute Gasteiger partial charge is 0.305 e. The summed E-state index contributed by atoms with van der Waals surface area (Å²) in [7, 11) is 0. The summed E-state index contributed by atoms with van der Waals surface area (Å²) in [5, 5.41) is 37.7. The highest BCUT2D eigenvalue weighted by Gasteiger charge is 2.35. The first-order chi connectivity index (χ1) is 31.7. The van der Waals surface area contributed by atoms with Gasteiger partial charge >= 0.3 is 5.97 Å². The van der Waals surface area contributed by atoms with E-state index in [1.807, 2.05) is 27.7 Å². The number of phenolic OH excluding ortho intramolecular Hbond substituents is 1. The molecule has 0 fully saturated rings. The molecule has 382 valence electrons. The fraction of sp³-hybridized carbons (Fsp3) is 0.652. The van der Waals surface area contributed by atoms with Gasteiger partial charge in [-0.15, -0.1) is 0 Å². The molecular weight excluding hydrogens is 883 g/mol. The van der Waals surface area contributed by atoms with Crippen molar-refractivity contribution in [1.29, 1.82) is 0 Å². The van der Waals surface area contributed by atoms with Gasteiger partial charge in [0.15, 0.2) is 5.96 Å². The second-order valence-corrected chi connectivity index (χ2v) is 18.8. The van der Waals surface area contributed by atoms with Crippen LogP contribution >= 0.6 is 0 Å². The fourth-order valence-electron chi connectivity index (χ4n) is 6.93. The fourth-order valence-corrected chi connectivity index (χ4v) is 6.93. The zero-order valence-electron chi connectivity index (χ0n) is 40.9. The molecule has 68 heavy (non-hydrogen) atoms. The van der Waals surface area contributed by atoms with E-state index in [4.69, 9.17) is 17.2 Å². The Morgan fingerprint density at radius 3 is 1.28 bits per heavy atom. The SMILES string of the molecule is CC(C)C[C@H](NC(=O)[C@H](C)N)C(=O)N[C@@H](CC(C)C)C(=O)N[C@@H](CCCN=C(N)N)C(=O)N[C@@H](Cc1ccc(O)cc1)C(=O)N[C@@H](CC(C)C)C(=O)N[C@@H](CC(C)C)C(=O)N[C@H](C=O)CC(=O)O. The van der Waals surface area contributed by atoms with Crippen LogP contribution in [-0.4, -0.2) is 125 Å². The van der Waals surface area contributed by atoms with Crippen LogP contribution in [0.25, 0.3) is 0 Å². The number of hydrogen-bond acceptors (Lipinski definition) is 12. The number of aldehydes is 1. The van der Waals surface area contributed by atoms with Crippen molar-refractivity contribution in [3.8, 4) is 5.75 Å². The van der Waals surface area contributed by atoms with Crippen molar-refractivity contribution in [2.45, 2.75) is 162 Å². The molecule has 0 saturated heterocycles. The van der Waals surface area contributed by atoms with Crippen LogP contribution in [0.1, 0.15) is 113 Å². The lowest BCUT2D eigenvalue weighted by Gasteiger charge is -2.29. The maximum absolute atomic E-state index is 14.4. The van der Waals surface area contributed by atoms with E-state index in [0.717, 1.165) is 0 Å². The molecule has 0 heterocycles. The number of carboxylic acids is 1. The van der Waals surface area contributed by atoms with Crippen LogP contribution in [0.2, 0.25) is 0 Å². The first kappa shape index (κ1) is 59.7. The van der Waals surface area contributed by atoms with Crippen molar-refractivity contribution in [1.82, 2.24) is 37.2 Å². The van der Waals surface area contributed by atoms with Crippen molar-refractivity contribution >= 4 is 59.6 Å². The van der Waals surface area contributed by atoms with Crippen LogP contribution in [0.5, 0.6) is 5.75 Å². The zero-order valence-corrected chi connectivity index (χ0v) is 40.9. The van der Waals surface area contributed by atoms with Gasteiger partial charge in [0.05, 0.1) is 18.5 Å². The summed E-state index contributed by atoms with van der Waals surface area (Å²) in [6, 6.07) is -3.84. The molecular formula is C46H77N11O11. The first-order valence-corrected chi connectivity index (χ1v) is 23.1. The minimum Gasteiger partial charge on any atom is -0.508 e. The molecule has 0 radical (unpaired) electrons. The third-order valence-electron chi connectivity index (χ3n) is 10.2. The van der Waals surface area contributed by atoms with E-state index >= 15 is 0 Å². The number of carbonyl (C=O) groups excluding carboxylic acids is 8. The van der Waals surface area contributed by atoms with Crippen LogP contribution in [0, 0.1) is 23.7 Å². The minimum absolute atomic E-state index is 0.0287. The number of amides is 7. The first-order valence-electron chi connectivity index (χ1n) is 23.1. The Labute approximate surface area is 399 Å². The average Bonchev–Trinajstić information content (AvgIpc) is 3.22. The number of nitrogens with two attached hydrogens (primary N) is 3. The van der Waals surface area contributed by atoms with Crippen molar-refractivity contribution in [3.05, 3.63) is 29.8 Å². The van der Waals surface area contributed by atoms with E-state index in [-0.39, 0.29) is 93.2 Å². The van der Waals surface area contributed by atoms with Crippen LogP contribution in [0.3, 0.4) is 0 Å². The largest absolute Gasteiger partial charge is 0.508 e. The summed E-state index contributed by atoms with van der Waals surface area (Å²) in [4.78, 5) is 123. The molecule has 7 amide bonds. The van der Waals surface area contributed by atoms with Gasteiger partial charge in [-0.25, -0.2) is 0 Å². The van der Waals surface area contributed by atoms with Crippen molar-refractivity contribution in [2.24, 2.45) is 45.9 Å². The predicted octanol–water partition coefficient (Wildman–Crippen LogP) is -0.413. The number of aromatic hydroxyl groups is 1. The minimum atomic E-state index is -1.40. The van der Waals surface area contributed by atoms with Gasteiger partial charge in [-0.05, 0) is 86.8 Å². The van der Waals surface area contributed by atoms with Crippen LogP contribution in [0.4, 0.5) is 0 Å². The molecule has 8 atom stereocenters. The Morgan fingerprint density at radius 2 is 0.912 bits per heavy atom. The maximum Gasteiger partial charge on any atom is 0.305 e. The third-order valence-corrected chi connectivity index (χ3v) is 10.2. The number of phenols is 1. The Bertz CT molecular complexity index is 1870. The quantitative estimate of drug-likeness (QED) is 0.0195. The highest BCUT2D eigenvalue weighted by Crippen LogP contribution is 2.15. The lowest BCUT2D eigenvalue weighted by Crippen LogP contribution is -2.60. The summed E-state index contributed by atoms with van der Waals surface area (Å²) < 4.78 is 0. The van der Waals surface area contributed by atoms with E-state index in [0.29, 0.717) is 5.56 Å². The van der Waals surface area contributed by atoms with Gasteiger partial charge < -0.3 is 69.4 Å². The number of aliphatic imine (C=N–C) groups is 1. The number of benzene rings is 1. The number of guanidine groups is 1. The molecule has 22 heteroatoms. The maximum atomic E-state index is 14.4. The summed E-state index contributed by atoms with van der Waals surface area (Å²) >= 11 is 0. The Balaban J connectivity index is 3.65. The molecule has 0 aliphatic heterocycles. The lowest BCUT2D eigenvalue weighted by atomic mass is 9.98. The monoisotopic (exact) mass is 960 g/mol. The lowest BCUT2D eigenvalue weighted by molar-refractivity contribution is -0.139. The van der Waals surface area contributed by atoms with E-state index in [9.17, 15) is 53.4 Å². The van der Waals surface area contributed by atoms with Crippen molar-refractivity contribution in [3.63, 3.8) is 0 Å². The molecule has 15 N–H and O–H groups in total. The summed E-state index contributed by atoms with van der Waals surface area (Å²) in [6.07, 6.45) is 0.129. The number of carboxylic acid groups (broad SMARTS) is 1. The number of nitrogens with one attached hydrogen (secondary N) is 7. The standard InChI is InChI=1S/C46H77N11O11/c1-24(2)17-33(41(64)51-30(23-58)22-38(60)61)54-44(67)36(20-27(7)8)56-45(68)37(21-29-12-14-31(59)15-13-29)57-40(63)32(11-10-16-50-46(48)49)52-42(65)35(19-26(5)6)55-43(66)34(18-25(3)4)53-39(62)28(9)47/h12-15,23-28,30,32-37,59H,10-11,16-22,47H2,1-9H3,(H,51,64)(H,52,65)(H,53,62)(H,54,67)(H,55,66)(H,56,68)(H,57,63)(H,60,61)(H4,48,49,50)/t28-,30-,32-,33-,34-,35-,36-,37-/m0/s1. The molecule has 1 aromatic rings. The Kier molecular flexibility index (Phi) is 26.5. The van der Waals surface area contributed by atoms with Crippen LogP contribution in [0.15, 0.2) is 29.3 Å². The molecule has 22 nitrogen and oxygen atoms in total. The predicted molar refractivity (Wildman–Crippen MR) is 255 cm³/mol. The molecule has 0 saturated carbocycles. The van der Waals surface area contributed by atoms with Gasteiger partial charge in [0.1, 0.15) is 48.3 Å². The Morgan fingerprint density at radius 1 is 0.559 bits per heavy atom. The molecule has 1 rings (SSSR count). The molecule has 0 bridgehead atoms. The third kappa shape index (κ3) is 23.9. The number of carbonyl (C=O) groups is 9. The van der Waals surface area contributed by atoms with Gasteiger partial charge in [0, 0.05) is 13.0 Å². The molecule has 1 aromatic carbocycles. The second kappa shape index (κ2) is 30.1. The van der Waals surface area contributed by atoms with Gasteiger partial charge in [-0.2, -0.15) is 0 Å². The van der Waals surface area contributed by atoms with Crippen LogP contribution < -0.4 is 54.4 Å². The molecule has 0 spiro atoms.